The highest BCUT2D eigenvalue weighted by Crippen LogP contribution is 2.26. The first-order valence-electron chi connectivity index (χ1n) is 11.9. The van der Waals surface area contributed by atoms with E-state index in [1.165, 1.54) is 7.11 Å². The molecule has 2 aromatic rings. The Kier molecular flexibility index (Phi) is 10.8. The number of carbonyl (C=O) groups is 2. The SMILES string of the molecule is COC[C@@H]1OCO[C@H]1C(=O)CNC(Cc1ccc(OCc2c(Cl)cccc2Cl)cc1)C(=O)OC(C)(C)C. The molecule has 1 N–H and O–H groups in total. The highest BCUT2D eigenvalue weighted by Gasteiger charge is 2.36. The highest BCUT2D eigenvalue weighted by atomic mass is 35.5. The summed E-state index contributed by atoms with van der Waals surface area (Å²) in [7, 11) is 1.53. The van der Waals surface area contributed by atoms with Crippen LogP contribution in [0, 0.1) is 0 Å². The first kappa shape index (κ1) is 29.4. The maximum absolute atomic E-state index is 12.9. The van der Waals surface area contributed by atoms with Crippen molar-refractivity contribution in [3.63, 3.8) is 0 Å². The van der Waals surface area contributed by atoms with Crippen LogP contribution in [0.3, 0.4) is 0 Å². The van der Waals surface area contributed by atoms with E-state index < -0.39 is 29.8 Å². The third kappa shape index (κ3) is 8.95. The van der Waals surface area contributed by atoms with E-state index >= 15 is 0 Å². The van der Waals surface area contributed by atoms with Gasteiger partial charge in [0.25, 0.3) is 0 Å². The average Bonchev–Trinajstić information content (AvgIpc) is 3.29. The number of benzene rings is 2. The van der Waals surface area contributed by atoms with Crippen molar-refractivity contribution in [2.24, 2.45) is 0 Å². The van der Waals surface area contributed by atoms with Gasteiger partial charge in [-0.1, -0.05) is 41.4 Å². The summed E-state index contributed by atoms with van der Waals surface area (Å²) in [5, 5.41) is 4.11. The lowest BCUT2D eigenvalue weighted by molar-refractivity contribution is -0.157. The fourth-order valence-electron chi connectivity index (χ4n) is 3.71. The van der Waals surface area contributed by atoms with Crippen molar-refractivity contribution >= 4 is 35.0 Å². The second kappa shape index (κ2) is 13.6. The van der Waals surface area contributed by atoms with E-state index in [4.69, 9.17) is 46.9 Å². The van der Waals surface area contributed by atoms with Crippen molar-refractivity contribution in [2.45, 2.75) is 57.6 Å². The molecule has 0 aliphatic carbocycles. The lowest BCUT2D eigenvalue weighted by Gasteiger charge is -2.25. The van der Waals surface area contributed by atoms with Crippen LogP contribution in [0.15, 0.2) is 42.5 Å². The van der Waals surface area contributed by atoms with Gasteiger partial charge in [-0.25, -0.2) is 0 Å². The zero-order valence-corrected chi connectivity index (χ0v) is 22.9. The summed E-state index contributed by atoms with van der Waals surface area (Å²) in [6.45, 7) is 5.79. The molecule has 0 bridgehead atoms. The Hall–Kier alpha value is -2.20. The van der Waals surface area contributed by atoms with Crippen LogP contribution in [0.5, 0.6) is 5.75 Å². The molecule has 10 heteroatoms. The molecule has 1 heterocycles. The predicted octanol–water partition coefficient (Wildman–Crippen LogP) is 4.37. The van der Waals surface area contributed by atoms with E-state index in [1.54, 1.807) is 51.1 Å². The molecule has 202 valence electrons. The van der Waals surface area contributed by atoms with Crippen LogP contribution < -0.4 is 10.1 Å². The summed E-state index contributed by atoms with van der Waals surface area (Å²) in [6.07, 6.45) is -0.926. The first-order valence-corrected chi connectivity index (χ1v) is 12.7. The van der Waals surface area contributed by atoms with E-state index in [0.717, 1.165) is 5.56 Å². The number of ether oxygens (including phenoxy) is 5. The van der Waals surface area contributed by atoms with Gasteiger partial charge >= 0.3 is 5.97 Å². The number of esters is 1. The molecule has 1 unspecified atom stereocenters. The molecule has 2 aromatic carbocycles. The van der Waals surface area contributed by atoms with Crippen LogP contribution in [-0.4, -0.2) is 62.7 Å². The zero-order chi connectivity index (χ0) is 27.0. The Morgan fingerprint density at radius 3 is 2.38 bits per heavy atom. The summed E-state index contributed by atoms with van der Waals surface area (Å²) in [4.78, 5) is 25.7. The Morgan fingerprint density at radius 1 is 1.08 bits per heavy atom. The standard InChI is InChI=1S/C27H33Cl2NO7/c1-27(2,3)37-26(32)22(30-13-23(31)25-24(15-33-4)35-16-36-25)12-17-8-10-18(11-9-17)34-14-19-20(28)6-5-7-21(19)29/h5-11,22,24-25,30H,12-16H2,1-4H3/t22?,24-,25-/m0/s1. The molecule has 3 rings (SSSR count). The largest absolute Gasteiger partial charge is 0.489 e. The van der Waals surface area contributed by atoms with E-state index in [-0.39, 0.29) is 32.3 Å². The van der Waals surface area contributed by atoms with Crippen LogP contribution in [-0.2, 0) is 41.6 Å². The number of carbonyl (C=O) groups excluding carboxylic acids is 2. The van der Waals surface area contributed by atoms with Crippen molar-refractivity contribution in [1.29, 1.82) is 0 Å². The molecule has 0 amide bonds. The normalized spacial score (nSPS) is 18.4. The number of hydrogen-bond donors (Lipinski definition) is 1. The third-order valence-corrected chi connectivity index (χ3v) is 6.25. The van der Waals surface area contributed by atoms with Crippen molar-refractivity contribution < 1.29 is 33.3 Å². The van der Waals surface area contributed by atoms with Crippen LogP contribution in [0.2, 0.25) is 10.0 Å². The van der Waals surface area contributed by atoms with Crippen LogP contribution in [0.1, 0.15) is 31.9 Å². The van der Waals surface area contributed by atoms with Crippen molar-refractivity contribution in [1.82, 2.24) is 5.32 Å². The van der Waals surface area contributed by atoms with Crippen molar-refractivity contribution in [3.8, 4) is 5.75 Å². The maximum atomic E-state index is 12.9. The van der Waals surface area contributed by atoms with Crippen LogP contribution >= 0.6 is 23.2 Å². The minimum Gasteiger partial charge on any atom is -0.489 e. The minimum absolute atomic E-state index is 0.0248. The average molecular weight is 554 g/mol. The van der Waals surface area contributed by atoms with Gasteiger partial charge in [0.2, 0.25) is 0 Å². The van der Waals surface area contributed by atoms with Gasteiger partial charge in [-0.15, -0.1) is 0 Å². The van der Waals surface area contributed by atoms with Gasteiger partial charge in [-0.2, -0.15) is 0 Å². The number of hydrogen-bond acceptors (Lipinski definition) is 8. The summed E-state index contributed by atoms with van der Waals surface area (Å²) in [6, 6.07) is 11.9. The predicted molar refractivity (Wildman–Crippen MR) is 140 cm³/mol. The molecule has 1 fully saturated rings. The van der Waals surface area contributed by atoms with E-state index in [9.17, 15) is 9.59 Å². The topological polar surface area (TPSA) is 92.3 Å². The molecule has 37 heavy (non-hydrogen) atoms. The van der Waals surface area contributed by atoms with Gasteiger partial charge in [0, 0.05) is 22.7 Å². The van der Waals surface area contributed by atoms with E-state index in [2.05, 4.69) is 5.32 Å². The monoisotopic (exact) mass is 553 g/mol. The first-order chi connectivity index (χ1) is 17.6. The number of methoxy groups -OCH3 is 1. The summed E-state index contributed by atoms with van der Waals surface area (Å²) in [5.41, 5.74) is 0.889. The van der Waals surface area contributed by atoms with Gasteiger partial charge < -0.3 is 23.7 Å². The molecule has 0 aromatic heterocycles. The lowest BCUT2D eigenvalue weighted by Crippen LogP contribution is -2.47. The van der Waals surface area contributed by atoms with Crippen LogP contribution in [0.4, 0.5) is 0 Å². The Labute approximate surface area is 227 Å². The number of rotatable bonds is 12. The van der Waals surface area contributed by atoms with E-state index in [1.807, 2.05) is 12.1 Å². The third-order valence-electron chi connectivity index (χ3n) is 5.54. The molecule has 1 aliphatic rings. The maximum Gasteiger partial charge on any atom is 0.324 e. The highest BCUT2D eigenvalue weighted by molar-refractivity contribution is 6.35. The summed E-state index contributed by atoms with van der Waals surface area (Å²) in [5.74, 6) is -0.0552. The molecule has 0 radical (unpaired) electrons. The molecular formula is C27H33Cl2NO7. The van der Waals surface area contributed by atoms with Gasteiger partial charge in [-0.3, -0.25) is 14.9 Å². The molecule has 0 spiro atoms. The molecule has 3 atom stereocenters. The van der Waals surface area contributed by atoms with Gasteiger partial charge in [0.15, 0.2) is 5.78 Å². The second-order valence-electron chi connectivity index (χ2n) is 9.64. The molecule has 8 nitrogen and oxygen atoms in total. The van der Waals surface area contributed by atoms with Gasteiger partial charge in [0.05, 0.1) is 13.2 Å². The summed E-state index contributed by atoms with van der Waals surface area (Å²) < 4.78 is 27.3. The molecule has 0 saturated carbocycles. The molecular weight excluding hydrogens is 521 g/mol. The van der Waals surface area contributed by atoms with Crippen molar-refractivity contribution in [3.05, 3.63) is 63.6 Å². The number of ketones is 1. The lowest BCUT2D eigenvalue weighted by atomic mass is 10.0. The zero-order valence-electron chi connectivity index (χ0n) is 21.4. The van der Waals surface area contributed by atoms with E-state index in [0.29, 0.717) is 27.8 Å². The molecule has 1 aliphatic heterocycles. The Morgan fingerprint density at radius 2 is 1.76 bits per heavy atom. The van der Waals surface area contributed by atoms with Crippen LogP contribution in [0.25, 0.3) is 0 Å². The summed E-state index contributed by atoms with van der Waals surface area (Å²) >= 11 is 12.4. The quantitative estimate of drug-likeness (QED) is 0.387. The second-order valence-corrected chi connectivity index (χ2v) is 10.5. The Balaban J connectivity index is 1.63. The van der Waals surface area contributed by atoms with Gasteiger partial charge in [0.1, 0.15) is 43.0 Å². The Bertz CT molecular complexity index is 1040. The van der Waals surface area contributed by atoms with Crippen molar-refractivity contribution in [2.75, 3.05) is 27.1 Å². The molecule has 1 saturated heterocycles. The fraction of sp³-hybridized carbons (Fsp3) is 0.481. The minimum atomic E-state index is -0.755. The number of nitrogens with one attached hydrogen (secondary N) is 1. The number of Topliss-reactive ketones (excluding diaryl/α,β-unsaturated/α-hetero) is 1. The number of halogens is 2. The smallest absolute Gasteiger partial charge is 0.324 e. The fourth-order valence-corrected chi connectivity index (χ4v) is 4.22. The van der Waals surface area contributed by atoms with Gasteiger partial charge in [-0.05, 0) is 57.0 Å².